The Labute approximate surface area is 260 Å². The monoisotopic (exact) mass is 652 g/mol. The molecule has 6 rings (SSSR count). The highest BCUT2D eigenvalue weighted by atomic mass is 79.9. The van der Waals surface area contributed by atoms with Crippen LogP contribution in [0.15, 0.2) is 95.5 Å². The summed E-state index contributed by atoms with van der Waals surface area (Å²) in [5.74, 6) is -1.79. The molecule has 2 amide bonds. The quantitative estimate of drug-likeness (QED) is 0.101. The van der Waals surface area contributed by atoms with Gasteiger partial charge in [0, 0.05) is 26.0 Å². The second kappa shape index (κ2) is 11.6. The maximum absolute atomic E-state index is 13.4. The van der Waals surface area contributed by atoms with Crippen molar-refractivity contribution in [1.82, 2.24) is 4.98 Å². The third-order valence-electron chi connectivity index (χ3n) is 7.27. The van der Waals surface area contributed by atoms with Crippen molar-refractivity contribution in [2.45, 2.75) is 13.3 Å². The number of hydrogen-bond acceptors (Lipinski definition) is 6. The SMILES string of the molecule is CCc1cc(Br)cc2c(C(=O)OCC(=O)c3ccc(Cl)cc3)cc(-c3ccc(N4C(=O)c5ccccc5C4=O)cc3)nc12. The van der Waals surface area contributed by atoms with Crippen LogP contribution >= 0.6 is 27.5 Å². The van der Waals surface area contributed by atoms with E-state index in [0.717, 1.165) is 14.9 Å². The van der Waals surface area contributed by atoms with Gasteiger partial charge in [-0.15, -0.1) is 0 Å². The first-order valence-electron chi connectivity index (χ1n) is 13.4. The van der Waals surface area contributed by atoms with E-state index in [4.69, 9.17) is 21.3 Å². The minimum Gasteiger partial charge on any atom is -0.454 e. The van der Waals surface area contributed by atoms with Crippen molar-refractivity contribution in [3.05, 3.63) is 128 Å². The van der Waals surface area contributed by atoms with Gasteiger partial charge in [-0.1, -0.05) is 58.7 Å². The lowest BCUT2D eigenvalue weighted by atomic mass is 10.0. The number of carbonyl (C=O) groups is 4. The van der Waals surface area contributed by atoms with Gasteiger partial charge in [0.2, 0.25) is 0 Å². The molecule has 0 bridgehead atoms. The van der Waals surface area contributed by atoms with Crippen LogP contribution in [-0.4, -0.2) is 35.2 Å². The van der Waals surface area contributed by atoms with Gasteiger partial charge in [0.25, 0.3) is 11.8 Å². The predicted octanol–water partition coefficient (Wildman–Crippen LogP) is 7.72. The van der Waals surface area contributed by atoms with Crippen LogP contribution in [0.5, 0.6) is 0 Å². The minimum absolute atomic E-state index is 0.254. The number of halogens is 2. The first kappa shape index (κ1) is 28.5. The maximum atomic E-state index is 13.4. The molecule has 4 aromatic carbocycles. The van der Waals surface area contributed by atoms with E-state index in [1.54, 1.807) is 84.9 Å². The lowest BCUT2D eigenvalue weighted by Crippen LogP contribution is -2.29. The molecule has 212 valence electrons. The van der Waals surface area contributed by atoms with Crippen molar-refractivity contribution in [3.63, 3.8) is 0 Å². The van der Waals surface area contributed by atoms with Gasteiger partial charge in [-0.25, -0.2) is 14.7 Å². The van der Waals surface area contributed by atoms with Crippen LogP contribution in [0.3, 0.4) is 0 Å². The number of aryl methyl sites for hydroxylation is 1. The molecular weight excluding hydrogens is 632 g/mol. The minimum atomic E-state index is -0.668. The number of esters is 1. The summed E-state index contributed by atoms with van der Waals surface area (Å²) in [7, 11) is 0. The van der Waals surface area contributed by atoms with Crippen LogP contribution in [-0.2, 0) is 11.2 Å². The Morgan fingerprint density at radius 3 is 2.16 bits per heavy atom. The smallest absolute Gasteiger partial charge is 0.339 e. The fourth-order valence-corrected chi connectivity index (χ4v) is 5.71. The lowest BCUT2D eigenvalue weighted by molar-refractivity contribution is 0.0476. The number of ketones is 1. The fourth-order valence-electron chi connectivity index (χ4n) is 5.08. The van der Waals surface area contributed by atoms with E-state index >= 15 is 0 Å². The second-order valence-corrected chi connectivity index (χ2v) is 11.3. The number of anilines is 1. The van der Waals surface area contributed by atoms with E-state index in [9.17, 15) is 19.2 Å². The van der Waals surface area contributed by atoms with E-state index in [0.29, 0.717) is 56.0 Å². The largest absolute Gasteiger partial charge is 0.454 e. The summed E-state index contributed by atoms with van der Waals surface area (Å²) in [6.45, 7) is 1.55. The molecule has 0 fully saturated rings. The van der Waals surface area contributed by atoms with Gasteiger partial charge in [-0.3, -0.25) is 14.4 Å². The molecule has 5 aromatic rings. The van der Waals surface area contributed by atoms with Gasteiger partial charge >= 0.3 is 5.97 Å². The van der Waals surface area contributed by atoms with Gasteiger partial charge in [0.15, 0.2) is 12.4 Å². The van der Waals surface area contributed by atoms with Gasteiger partial charge in [0.05, 0.1) is 33.6 Å². The fraction of sp³-hybridized carbons (Fsp3) is 0.0882. The molecule has 0 N–H and O–H groups in total. The highest BCUT2D eigenvalue weighted by Gasteiger charge is 2.36. The Balaban J connectivity index is 1.34. The highest BCUT2D eigenvalue weighted by Crippen LogP contribution is 2.33. The maximum Gasteiger partial charge on any atom is 0.339 e. The summed E-state index contributed by atoms with van der Waals surface area (Å²) in [6.07, 6.45) is 0.661. The molecular formula is C34H22BrClN2O5. The van der Waals surface area contributed by atoms with Crippen LogP contribution in [0.1, 0.15) is 53.9 Å². The predicted molar refractivity (Wildman–Crippen MR) is 168 cm³/mol. The molecule has 7 nitrogen and oxygen atoms in total. The van der Waals surface area contributed by atoms with Gasteiger partial charge < -0.3 is 4.74 Å². The second-order valence-electron chi connectivity index (χ2n) is 9.91. The number of carbonyl (C=O) groups excluding carboxylic acids is 4. The van der Waals surface area contributed by atoms with Crippen LogP contribution in [0, 0.1) is 0 Å². The number of ether oxygens (including phenoxy) is 1. The lowest BCUT2D eigenvalue weighted by Gasteiger charge is -2.15. The molecule has 1 aliphatic heterocycles. The third-order valence-corrected chi connectivity index (χ3v) is 7.98. The van der Waals surface area contributed by atoms with Gasteiger partial charge in [-0.2, -0.15) is 0 Å². The Bertz CT molecular complexity index is 1920. The standard InChI is InChI=1S/C34H22BrClN2O5/c1-2-19-15-22(35)16-27-28(34(42)43-18-30(39)21-7-11-23(36)12-8-21)17-29(37-31(19)27)20-9-13-24(14-10-20)38-32(40)25-5-3-4-6-26(25)33(38)41/h3-17H,2,18H2,1H3. The zero-order chi connectivity index (χ0) is 30.2. The number of fused-ring (bicyclic) bond motifs is 2. The number of benzene rings is 4. The number of amides is 2. The molecule has 1 aliphatic rings. The van der Waals surface area contributed by atoms with Gasteiger partial charge in [0.1, 0.15) is 0 Å². The number of hydrogen-bond donors (Lipinski definition) is 0. The molecule has 43 heavy (non-hydrogen) atoms. The van der Waals surface area contributed by atoms with Crippen molar-refractivity contribution in [2.75, 3.05) is 11.5 Å². The van der Waals surface area contributed by atoms with Crippen LogP contribution in [0.25, 0.3) is 22.2 Å². The highest BCUT2D eigenvalue weighted by molar-refractivity contribution is 9.10. The molecule has 9 heteroatoms. The Kier molecular flexibility index (Phi) is 7.64. The molecule has 0 unspecified atom stereocenters. The molecule has 0 saturated heterocycles. The number of pyridine rings is 1. The Hall–Kier alpha value is -4.66. The normalized spacial score (nSPS) is 12.5. The topological polar surface area (TPSA) is 93.6 Å². The van der Waals surface area contributed by atoms with Crippen LogP contribution in [0.4, 0.5) is 5.69 Å². The summed E-state index contributed by atoms with van der Waals surface area (Å²) in [5.41, 5.74) is 4.49. The molecule has 0 aliphatic carbocycles. The average molecular weight is 654 g/mol. The van der Waals surface area contributed by atoms with E-state index in [-0.39, 0.29) is 23.2 Å². The van der Waals surface area contributed by atoms with Crippen molar-refractivity contribution in [3.8, 4) is 11.3 Å². The summed E-state index contributed by atoms with van der Waals surface area (Å²) in [5, 5.41) is 1.08. The van der Waals surface area contributed by atoms with Crippen molar-refractivity contribution in [2.24, 2.45) is 0 Å². The van der Waals surface area contributed by atoms with E-state index < -0.39 is 12.6 Å². The first-order chi connectivity index (χ1) is 20.7. The summed E-state index contributed by atoms with van der Waals surface area (Å²) < 4.78 is 6.26. The number of imide groups is 1. The van der Waals surface area contributed by atoms with E-state index in [2.05, 4.69) is 15.9 Å². The number of rotatable bonds is 7. The molecule has 0 radical (unpaired) electrons. The Morgan fingerprint density at radius 2 is 1.53 bits per heavy atom. The number of aromatic nitrogens is 1. The van der Waals surface area contributed by atoms with E-state index in [1.165, 1.54) is 0 Å². The molecule has 2 heterocycles. The summed E-state index contributed by atoms with van der Waals surface area (Å²) in [4.78, 5) is 58.0. The number of nitrogens with zero attached hydrogens (tertiary/aromatic N) is 2. The molecule has 0 saturated carbocycles. The average Bonchev–Trinajstić information content (AvgIpc) is 3.28. The van der Waals surface area contributed by atoms with Crippen LogP contribution < -0.4 is 4.90 Å². The Morgan fingerprint density at radius 1 is 0.884 bits per heavy atom. The van der Waals surface area contributed by atoms with Crippen molar-refractivity contribution < 1.29 is 23.9 Å². The first-order valence-corrected chi connectivity index (χ1v) is 14.6. The zero-order valence-electron chi connectivity index (χ0n) is 22.8. The number of Topliss-reactive ketones (excluding diaryl/α,β-unsaturated/α-hetero) is 1. The molecule has 1 aromatic heterocycles. The van der Waals surface area contributed by atoms with Gasteiger partial charge in [-0.05, 0) is 78.7 Å². The van der Waals surface area contributed by atoms with Crippen LogP contribution in [0.2, 0.25) is 5.02 Å². The third kappa shape index (κ3) is 5.35. The zero-order valence-corrected chi connectivity index (χ0v) is 25.1. The van der Waals surface area contributed by atoms with E-state index in [1.807, 2.05) is 13.0 Å². The summed E-state index contributed by atoms with van der Waals surface area (Å²) >= 11 is 9.44. The van der Waals surface area contributed by atoms with Crippen molar-refractivity contribution >= 4 is 67.7 Å². The molecule has 0 spiro atoms. The summed E-state index contributed by atoms with van der Waals surface area (Å²) in [6, 6.07) is 25.3. The molecule has 0 atom stereocenters. The van der Waals surface area contributed by atoms with Crippen molar-refractivity contribution in [1.29, 1.82) is 0 Å².